The summed E-state index contributed by atoms with van der Waals surface area (Å²) >= 11 is 0. The Bertz CT molecular complexity index is 1180. The van der Waals surface area contributed by atoms with Crippen LogP contribution in [-0.2, 0) is 16.1 Å². The second-order valence-electron chi connectivity index (χ2n) is 8.99. The third-order valence-electron chi connectivity index (χ3n) is 6.86. The molecule has 2 fully saturated rings. The monoisotopic (exact) mass is 467 g/mol. The van der Waals surface area contributed by atoms with Gasteiger partial charge in [0.1, 0.15) is 12.1 Å². The van der Waals surface area contributed by atoms with Crippen molar-refractivity contribution in [1.82, 2.24) is 10.2 Å². The minimum atomic E-state index is -0.610. The topological polar surface area (TPSA) is 61.9 Å². The van der Waals surface area contributed by atoms with Crippen LogP contribution in [0.3, 0.4) is 0 Å². The van der Waals surface area contributed by atoms with E-state index in [0.717, 1.165) is 22.4 Å². The molecule has 0 radical (unpaired) electrons. The van der Waals surface area contributed by atoms with Gasteiger partial charge in [-0.15, -0.1) is 0 Å². The Hall–Kier alpha value is -4.06. The molecule has 6 heteroatoms. The Kier molecular flexibility index (Phi) is 6.53. The van der Waals surface area contributed by atoms with Gasteiger partial charge in [-0.2, -0.15) is 0 Å². The first kappa shape index (κ1) is 22.7. The van der Waals surface area contributed by atoms with Gasteiger partial charge in [0, 0.05) is 18.8 Å². The molecular formula is C29H29N3O3. The van der Waals surface area contributed by atoms with E-state index in [0.29, 0.717) is 32.6 Å². The number of anilines is 1. The smallest absolute Gasteiger partial charge is 0.410 e. The summed E-state index contributed by atoms with van der Waals surface area (Å²) in [5.41, 5.74) is 3.58. The highest BCUT2D eigenvalue weighted by atomic mass is 16.6. The van der Waals surface area contributed by atoms with Crippen LogP contribution in [0.1, 0.15) is 29.5 Å². The van der Waals surface area contributed by atoms with Crippen LogP contribution >= 0.6 is 0 Å². The molecule has 5 rings (SSSR count). The number of carbonyl (C=O) groups excluding carboxylic acids is 2. The van der Waals surface area contributed by atoms with Gasteiger partial charge in [-0.05, 0) is 41.7 Å². The number of piperidine rings is 1. The van der Waals surface area contributed by atoms with Crippen LogP contribution < -0.4 is 10.2 Å². The molecule has 35 heavy (non-hydrogen) atoms. The molecule has 2 saturated heterocycles. The molecule has 0 unspecified atom stereocenters. The number of hydrogen-bond acceptors (Lipinski definition) is 4. The maximum atomic E-state index is 12.8. The first-order valence-corrected chi connectivity index (χ1v) is 12.0. The zero-order valence-electron chi connectivity index (χ0n) is 19.6. The summed E-state index contributed by atoms with van der Waals surface area (Å²) in [6.45, 7) is 1.68. The van der Waals surface area contributed by atoms with Gasteiger partial charge in [-0.25, -0.2) is 4.79 Å². The fourth-order valence-corrected chi connectivity index (χ4v) is 4.81. The molecule has 0 aromatic heterocycles. The largest absolute Gasteiger partial charge is 0.445 e. The van der Waals surface area contributed by atoms with Crippen molar-refractivity contribution in [3.8, 4) is 0 Å². The molecule has 1 spiro atoms. The summed E-state index contributed by atoms with van der Waals surface area (Å²) < 4.78 is 5.58. The molecule has 6 nitrogen and oxygen atoms in total. The Balaban J connectivity index is 1.14. The molecule has 2 heterocycles. The molecule has 2 aliphatic heterocycles. The lowest BCUT2D eigenvalue weighted by atomic mass is 9.86. The van der Waals surface area contributed by atoms with Crippen LogP contribution in [0.5, 0.6) is 0 Å². The van der Waals surface area contributed by atoms with Gasteiger partial charge in [0.05, 0.1) is 6.67 Å². The molecule has 0 bridgehead atoms. The van der Waals surface area contributed by atoms with Crippen molar-refractivity contribution in [2.45, 2.75) is 25.0 Å². The highest BCUT2D eigenvalue weighted by Crippen LogP contribution is 2.36. The summed E-state index contributed by atoms with van der Waals surface area (Å²) in [6, 6.07) is 28.1. The summed E-state index contributed by atoms with van der Waals surface area (Å²) in [5, 5.41) is 2.99. The van der Waals surface area contributed by atoms with Gasteiger partial charge in [-0.3, -0.25) is 4.79 Å². The summed E-state index contributed by atoms with van der Waals surface area (Å²) in [7, 11) is 0. The Labute approximate surface area is 205 Å². The number of nitrogens with zero attached hydrogens (tertiary/aromatic N) is 2. The first-order valence-electron chi connectivity index (χ1n) is 12.0. The maximum absolute atomic E-state index is 12.8. The van der Waals surface area contributed by atoms with E-state index >= 15 is 0 Å². The van der Waals surface area contributed by atoms with Crippen LogP contribution in [-0.4, -0.2) is 42.2 Å². The van der Waals surface area contributed by atoms with E-state index in [-0.39, 0.29) is 18.6 Å². The van der Waals surface area contributed by atoms with Gasteiger partial charge in [0.15, 0.2) is 0 Å². The molecule has 1 N–H and O–H groups in total. The van der Waals surface area contributed by atoms with E-state index in [1.165, 1.54) is 0 Å². The van der Waals surface area contributed by atoms with Gasteiger partial charge in [-0.1, -0.05) is 84.9 Å². The minimum Gasteiger partial charge on any atom is -0.445 e. The zero-order chi connectivity index (χ0) is 24.1. The molecule has 3 aromatic carbocycles. The highest BCUT2D eigenvalue weighted by Gasteiger charge is 2.50. The van der Waals surface area contributed by atoms with E-state index in [4.69, 9.17) is 4.74 Å². The van der Waals surface area contributed by atoms with E-state index < -0.39 is 5.54 Å². The van der Waals surface area contributed by atoms with Gasteiger partial charge in [0.2, 0.25) is 5.91 Å². The molecular weight excluding hydrogens is 438 g/mol. The first-order chi connectivity index (χ1) is 17.1. The third kappa shape index (κ3) is 4.92. The number of amides is 2. The van der Waals surface area contributed by atoms with Crippen molar-refractivity contribution in [1.29, 1.82) is 0 Å². The Morgan fingerprint density at radius 3 is 2.11 bits per heavy atom. The number of hydrogen-bond donors (Lipinski definition) is 1. The molecule has 0 aliphatic carbocycles. The van der Waals surface area contributed by atoms with Crippen molar-refractivity contribution < 1.29 is 14.3 Å². The van der Waals surface area contributed by atoms with Crippen molar-refractivity contribution in [2.75, 3.05) is 24.7 Å². The number of benzene rings is 3. The van der Waals surface area contributed by atoms with Crippen LogP contribution in [0.25, 0.3) is 12.2 Å². The van der Waals surface area contributed by atoms with E-state index in [2.05, 4.69) is 34.5 Å². The molecule has 178 valence electrons. The van der Waals surface area contributed by atoms with Crippen molar-refractivity contribution in [2.24, 2.45) is 0 Å². The number of para-hydroxylation sites is 1. The van der Waals surface area contributed by atoms with Crippen LogP contribution in [0.4, 0.5) is 10.5 Å². The average Bonchev–Trinajstić information content (AvgIpc) is 3.23. The lowest BCUT2D eigenvalue weighted by Crippen LogP contribution is -2.57. The number of likely N-dealkylation sites (tertiary alicyclic amines) is 1. The van der Waals surface area contributed by atoms with Crippen molar-refractivity contribution >= 4 is 29.8 Å². The predicted octanol–water partition coefficient (Wildman–Crippen LogP) is 4.92. The second-order valence-corrected chi connectivity index (χ2v) is 8.99. The second kappa shape index (κ2) is 10.1. The summed E-state index contributed by atoms with van der Waals surface area (Å²) in [5.74, 6) is 0.0378. The summed E-state index contributed by atoms with van der Waals surface area (Å²) in [4.78, 5) is 29.3. The minimum absolute atomic E-state index is 0.0378. The van der Waals surface area contributed by atoms with Crippen molar-refractivity contribution in [3.05, 3.63) is 102 Å². The van der Waals surface area contributed by atoms with Crippen LogP contribution in [0.2, 0.25) is 0 Å². The normalized spacial score (nSPS) is 17.1. The van der Waals surface area contributed by atoms with Gasteiger partial charge >= 0.3 is 6.09 Å². The quantitative estimate of drug-likeness (QED) is 0.541. The third-order valence-corrected chi connectivity index (χ3v) is 6.86. The van der Waals surface area contributed by atoms with E-state index in [1.54, 1.807) is 4.90 Å². The van der Waals surface area contributed by atoms with Crippen LogP contribution in [0.15, 0.2) is 84.9 Å². The van der Waals surface area contributed by atoms with E-state index in [1.807, 2.05) is 72.8 Å². The van der Waals surface area contributed by atoms with Crippen LogP contribution in [0, 0.1) is 0 Å². The zero-order valence-corrected chi connectivity index (χ0v) is 19.6. The fraction of sp³-hybridized carbons (Fsp3) is 0.241. The standard InChI is InChI=1S/C29H29N3O3/c33-27-29(32(22-30-27)26-9-5-2-6-10-26)17-19-31(20-18-29)28(34)35-21-25-15-13-24(14-16-25)12-11-23-7-3-1-4-8-23/h1-16H,17-22H2,(H,30,33). The number of carbonyl (C=O) groups is 2. The Morgan fingerprint density at radius 2 is 1.46 bits per heavy atom. The SMILES string of the molecule is O=C(OCc1ccc(C=Cc2ccccc2)cc1)N1CCC2(CC1)C(=O)NCN2c1ccccc1. The average molecular weight is 468 g/mol. The maximum Gasteiger partial charge on any atom is 0.410 e. The van der Waals surface area contributed by atoms with Gasteiger partial charge < -0.3 is 19.9 Å². The van der Waals surface area contributed by atoms with Gasteiger partial charge in [0.25, 0.3) is 0 Å². The van der Waals surface area contributed by atoms with E-state index in [9.17, 15) is 9.59 Å². The number of rotatable bonds is 5. The Morgan fingerprint density at radius 1 is 0.857 bits per heavy atom. The lowest BCUT2D eigenvalue weighted by molar-refractivity contribution is -0.125. The fourth-order valence-electron chi connectivity index (χ4n) is 4.81. The van der Waals surface area contributed by atoms with Crippen molar-refractivity contribution in [3.63, 3.8) is 0 Å². The highest BCUT2D eigenvalue weighted by molar-refractivity contribution is 5.93. The summed E-state index contributed by atoms with van der Waals surface area (Å²) in [6.07, 6.45) is 4.95. The predicted molar refractivity (Wildman–Crippen MR) is 137 cm³/mol. The number of ether oxygens (including phenoxy) is 1. The molecule has 0 saturated carbocycles. The molecule has 2 aliphatic rings. The number of nitrogens with one attached hydrogen (secondary N) is 1. The molecule has 2 amide bonds. The lowest BCUT2D eigenvalue weighted by Gasteiger charge is -2.42. The molecule has 3 aromatic rings. The molecule has 0 atom stereocenters.